The van der Waals surface area contributed by atoms with E-state index in [9.17, 15) is 4.79 Å². The molecule has 0 N–H and O–H groups in total. The Hall–Kier alpha value is -1.64. The summed E-state index contributed by atoms with van der Waals surface area (Å²) in [6.07, 6.45) is 4.43. The van der Waals surface area contributed by atoms with Crippen LogP contribution >= 0.6 is 0 Å². The van der Waals surface area contributed by atoms with Gasteiger partial charge in [0.25, 0.3) is 0 Å². The molecule has 0 aliphatic rings. The van der Waals surface area contributed by atoms with Crippen LogP contribution in [0.4, 0.5) is 0 Å². The fourth-order valence-corrected chi connectivity index (χ4v) is 1.34. The Morgan fingerprint density at radius 1 is 1.58 bits per heavy atom. The summed E-state index contributed by atoms with van der Waals surface area (Å²) in [5.41, 5.74) is 2.47. The van der Waals surface area contributed by atoms with E-state index in [1.165, 1.54) is 0 Å². The molecule has 0 saturated heterocycles. The molecule has 3 heteroatoms. The summed E-state index contributed by atoms with van der Waals surface area (Å²) in [5, 5.41) is 0. The minimum absolute atomic E-state index is 0.688. The molecule has 3 nitrogen and oxygen atoms in total. The van der Waals surface area contributed by atoms with Gasteiger partial charge in [0.15, 0.2) is 6.29 Å². The fraction of sp³-hybridized carbons (Fsp3) is 0.111. The zero-order valence-corrected chi connectivity index (χ0v) is 6.69. The summed E-state index contributed by atoms with van der Waals surface area (Å²) in [6.45, 7) is 1.89. The molecule has 0 aliphatic heterocycles. The topological polar surface area (TPSA) is 34.4 Å². The van der Waals surface area contributed by atoms with E-state index in [2.05, 4.69) is 4.98 Å². The zero-order chi connectivity index (χ0) is 8.55. The first kappa shape index (κ1) is 7.03. The minimum atomic E-state index is 0.688. The van der Waals surface area contributed by atoms with Crippen molar-refractivity contribution in [3.8, 4) is 0 Å². The largest absolute Gasteiger partial charge is 0.305 e. The average molecular weight is 160 g/mol. The van der Waals surface area contributed by atoms with Crippen molar-refractivity contribution in [2.45, 2.75) is 6.92 Å². The van der Waals surface area contributed by atoms with Crippen LogP contribution < -0.4 is 0 Å². The van der Waals surface area contributed by atoms with Gasteiger partial charge in [-0.3, -0.25) is 4.79 Å². The van der Waals surface area contributed by atoms with E-state index >= 15 is 0 Å². The number of aryl methyl sites for hydroxylation is 1. The lowest BCUT2D eigenvalue weighted by Crippen LogP contribution is -1.88. The molecule has 0 amide bonds. The van der Waals surface area contributed by atoms with Crippen molar-refractivity contribution >= 4 is 11.8 Å². The number of pyridine rings is 1. The van der Waals surface area contributed by atoms with Crippen LogP contribution in [0, 0.1) is 6.92 Å². The summed E-state index contributed by atoms with van der Waals surface area (Å²) >= 11 is 0. The second-order valence-corrected chi connectivity index (χ2v) is 2.67. The first-order valence-electron chi connectivity index (χ1n) is 3.70. The van der Waals surface area contributed by atoms with E-state index in [0.29, 0.717) is 5.56 Å². The number of hydrogen-bond acceptors (Lipinski definition) is 2. The predicted octanol–water partition coefficient (Wildman–Crippen LogP) is 1.46. The van der Waals surface area contributed by atoms with Gasteiger partial charge in [-0.15, -0.1) is 0 Å². The molecule has 0 fully saturated rings. The van der Waals surface area contributed by atoms with Gasteiger partial charge < -0.3 is 4.40 Å². The number of imidazole rings is 1. The van der Waals surface area contributed by atoms with Gasteiger partial charge in [-0.25, -0.2) is 4.98 Å². The van der Waals surface area contributed by atoms with Gasteiger partial charge in [-0.1, -0.05) is 0 Å². The van der Waals surface area contributed by atoms with Crippen LogP contribution in [-0.4, -0.2) is 15.7 Å². The molecule has 2 aromatic rings. The molecule has 0 aliphatic carbocycles. The van der Waals surface area contributed by atoms with Crippen molar-refractivity contribution in [2.75, 3.05) is 0 Å². The van der Waals surface area contributed by atoms with Crippen LogP contribution in [0.2, 0.25) is 0 Å². The number of nitrogens with zero attached hydrogens (tertiary/aromatic N) is 2. The molecule has 0 radical (unpaired) electrons. The van der Waals surface area contributed by atoms with E-state index in [0.717, 1.165) is 17.5 Å². The molecule has 2 rings (SSSR count). The van der Waals surface area contributed by atoms with Crippen LogP contribution in [-0.2, 0) is 0 Å². The molecular formula is C9H8N2O. The van der Waals surface area contributed by atoms with E-state index in [1.54, 1.807) is 12.4 Å². The summed E-state index contributed by atoms with van der Waals surface area (Å²) in [6, 6.07) is 3.62. The Morgan fingerprint density at radius 2 is 2.42 bits per heavy atom. The summed E-state index contributed by atoms with van der Waals surface area (Å²) in [4.78, 5) is 14.7. The number of aldehydes is 1. The monoisotopic (exact) mass is 160 g/mol. The highest BCUT2D eigenvalue weighted by Crippen LogP contribution is 2.11. The Bertz CT molecular complexity index is 431. The van der Waals surface area contributed by atoms with Gasteiger partial charge in [0.2, 0.25) is 0 Å². The molecule has 12 heavy (non-hydrogen) atoms. The lowest BCUT2D eigenvalue weighted by molar-refractivity contribution is 0.112. The lowest BCUT2D eigenvalue weighted by atomic mass is 10.2. The Labute approximate surface area is 69.7 Å². The number of fused-ring (bicyclic) bond motifs is 1. The molecule has 0 atom stereocenters. The standard InChI is InChI=1S/C9H8N2O/c1-7-9-8(5-12)3-2-4-11(9)6-10-7/h2-6H,1H3. The number of carbonyl (C=O) groups is 1. The predicted molar refractivity (Wildman–Crippen MR) is 45.3 cm³/mol. The van der Waals surface area contributed by atoms with Crippen LogP contribution in [0.25, 0.3) is 5.52 Å². The third kappa shape index (κ3) is 0.830. The molecular weight excluding hydrogens is 152 g/mol. The molecule has 0 aromatic carbocycles. The van der Waals surface area contributed by atoms with Gasteiger partial charge in [0, 0.05) is 11.8 Å². The van der Waals surface area contributed by atoms with Crippen molar-refractivity contribution in [3.63, 3.8) is 0 Å². The van der Waals surface area contributed by atoms with Gasteiger partial charge in [-0.2, -0.15) is 0 Å². The van der Waals surface area contributed by atoms with Crippen molar-refractivity contribution in [3.05, 3.63) is 35.9 Å². The lowest BCUT2D eigenvalue weighted by Gasteiger charge is -1.96. The SMILES string of the molecule is Cc1ncn2cccc(C=O)c12. The quantitative estimate of drug-likeness (QED) is 0.592. The maximum atomic E-state index is 10.6. The van der Waals surface area contributed by atoms with Crippen LogP contribution in [0.3, 0.4) is 0 Å². The fourth-order valence-electron chi connectivity index (χ4n) is 1.34. The molecule has 0 spiro atoms. The van der Waals surface area contributed by atoms with E-state index < -0.39 is 0 Å². The molecule has 0 unspecified atom stereocenters. The van der Waals surface area contributed by atoms with Gasteiger partial charge in [-0.05, 0) is 19.1 Å². The maximum Gasteiger partial charge on any atom is 0.152 e. The van der Waals surface area contributed by atoms with Crippen LogP contribution in [0.1, 0.15) is 16.1 Å². The second kappa shape index (κ2) is 2.44. The molecule has 2 aromatic heterocycles. The average Bonchev–Trinajstić information content (AvgIpc) is 2.48. The van der Waals surface area contributed by atoms with Crippen molar-refractivity contribution in [1.82, 2.24) is 9.38 Å². The summed E-state index contributed by atoms with van der Waals surface area (Å²) in [5.74, 6) is 0. The first-order chi connectivity index (χ1) is 5.83. The summed E-state index contributed by atoms with van der Waals surface area (Å²) < 4.78 is 1.85. The normalized spacial score (nSPS) is 10.4. The van der Waals surface area contributed by atoms with Crippen LogP contribution in [0.5, 0.6) is 0 Å². The molecule has 0 saturated carbocycles. The number of carbonyl (C=O) groups excluding carboxylic acids is 1. The van der Waals surface area contributed by atoms with E-state index in [-0.39, 0.29) is 0 Å². The molecule has 0 bridgehead atoms. The highest BCUT2D eigenvalue weighted by atomic mass is 16.1. The highest BCUT2D eigenvalue weighted by molar-refractivity contribution is 5.86. The second-order valence-electron chi connectivity index (χ2n) is 2.67. The number of rotatable bonds is 1. The van der Waals surface area contributed by atoms with Crippen molar-refractivity contribution < 1.29 is 4.79 Å². The van der Waals surface area contributed by atoms with Crippen molar-refractivity contribution in [1.29, 1.82) is 0 Å². The zero-order valence-electron chi connectivity index (χ0n) is 6.69. The third-order valence-corrected chi connectivity index (χ3v) is 1.90. The highest BCUT2D eigenvalue weighted by Gasteiger charge is 2.03. The Balaban J connectivity index is 2.93. The van der Waals surface area contributed by atoms with Gasteiger partial charge >= 0.3 is 0 Å². The van der Waals surface area contributed by atoms with Gasteiger partial charge in [0.1, 0.15) is 0 Å². The summed E-state index contributed by atoms with van der Waals surface area (Å²) in [7, 11) is 0. The van der Waals surface area contributed by atoms with Crippen LogP contribution in [0.15, 0.2) is 24.7 Å². The molecule has 60 valence electrons. The number of aromatic nitrogens is 2. The minimum Gasteiger partial charge on any atom is -0.305 e. The van der Waals surface area contributed by atoms with Crippen molar-refractivity contribution in [2.24, 2.45) is 0 Å². The smallest absolute Gasteiger partial charge is 0.152 e. The maximum absolute atomic E-state index is 10.6. The Morgan fingerprint density at radius 3 is 3.17 bits per heavy atom. The third-order valence-electron chi connectivity index (χ3n) is 1.90. The first-order valence-corrected chi connectivity index (χ1v) is 3.70. The van der Waals surface area contributed by atoms with E-state index in [1.807, 2.05) is 23.6 Å². The van der Waals surface area contributed by atoms with Gasteiger partial charge in [0.05, 0.1) is 17.5 Å². The molecule has 2 heterocycles. The Kier molecular flexibility index (Phi) is 1.43. The number of hydrogen-bond donors (Lipinski definition) is 0. The van der Waals surface area contributed by atoms with E-state index in [4.69, 9.17) is 0 Å².